The zero-order chi connectivity index (χ0) is 14.1. The van der Waals surface area contributed by atoms with Crippen LogP contribution in [0.5, 0.6) is 0 Å². The Hall–Kier alpha value is -2.34. The van der Waals surface area contributed by atoms with Crippen molar-refractivity contribution in [2.75, 3.05) is 0 Å². The summed E-state index contributed by atoms with van der Waals surface area (Å²) in [5, 5.41) is 9.81. The highest BCUT2D eigenvalue weighted by atomic mass is 32.2. The Morgan fingerprint density at radius 1 is 1.25 bits per heavy atom. The molecule has 1 aliphatic heterocycles. The van der Waals surface area contributed by atoms with Crippen LogP contribution in [0.4, 0.5) is 4.39 Å². The molecule has 6 heteroatoms. The number of nitrogens with one attached hydrogen (secondary N) is 2. The summed E-state index contributed by atoms with van der Waals surface area (Å²) in [7, 11) is 0. The van der Waals surface area contributed by atoms with E-state index in [1.54, 1.807) is 30.3 Å². The van der Waals surface area contributed by atoms with Crippen molar-refractivity contribution in [3.8, 4) is 11.3 Å². The van der Waals surface area contributed by atoms with Crippen molar-refractivity contribution in [3.63, 3.8) is 0 Å². The maximum Gasteiger partial charge on any atom is 0.264 e. The van der Waals surface area contributed by atoms with Gasteiger partial charge in [-0.15, -0.1) is 0 Å². The fourth-order valence-corrected chi connectivity index (χ4v) is 2.49. The zero-order valence-electron chi connectivity index (χ0n) is 10.1. The first-order chi connectivity index (χ1) is 9.63. The maximum absolute atomic E-state index is 13.6. The van der Waals surface area contributed by atoms with Crippen molar-refractivity contribution in [1.29, 1.82) is 5.41 Å². The summed E-state index contributed by atoms with van der Waals surface area (Å²) in [6.07, 6.45) is 1.53. The molecule has 0 bridgehead atoms. The second-order valence-corrected chi connectivity index (χ2v) is 5.13. The van der Waals surface area contributed by atoms with E-state index in [4.69, 9.17) is 9.83 Å². The normalized spacial score (nSPS) is 16.8. The first-order valence-corrected chi connectivity index (χ1v) is 6.59. The third-order valence-corrected chi connectivity index (χ3v) is 3.53. The Morgan fingerprint density at radius 3 is 2.75 bits per heavy atom. The third-order valence-electron chi connectivity index (χ3n) is 2.70. The van der Waals surface area contributed by atoms with Gasteiger partial charge in [0.25, 0.3) is 5.91 Å². The molecule has 0 saturated carbocycles. The first-order valence-electron chi connectivity index (χ1n) is 5.77. The summed E-state index contributed by atoms with van der Waals surface area (Å²) in [5.74, 6) is 0.142. The largest absolute Gasteiger partial charge is 0.457 e. The minimum Gasteiger partial charge on any atom is -0.457 e. The van der Waals surface area contributed by atoms with Gasteiger partial charge in [0.05, 0.1) is 10.5 Å². The van der Waals surface area contributed by atoms with Crippen LogP contribution < -0.4 is 5.32 Å². The number of thioether (sulfide) groups is 1. The molecular weight excluding hydrogens is 279 g/mol. The lowest BCUT2D eigenvalue weighted by Crippen LogP contribution is -2.18. The predicted molar refractivity (Wildman–Crippen MR) is 75.5 cm³/mol. The van der Waals surface area contributed by atoms with E-state index < -0.39 is 0 Å². The van der Waals surface area contributed by atoms with E-state index in [1.165, 1.54) is 12.1 Å². The van der Waals surface area contributed by atoms with Gasteiger partial charge in [0.15, 0.2) is 5.17 Å². The highest BCUT2D eigenvalue weighted by molar-refractivity contribution is 8.18. The Kier molecular flexibility index (Phi) is 3.15. The van der Waals surface area contributed by atoms with Gasteiger partial charge in [-0.1, -0.05) is 12.1 Å². The number of benzene rings is 1. The molecule has 2 aromatic rings. The average Bonchev–Trinajstić information content (AvgIpc) is 2.98. The molecule has 3 rings (SSSR count). The van der Waals surface area contributed by atoms with Gasteiger partial charge in [-0.3, -0.25) is 10.2 Å². The number of furan rings is 1. The van der Waals surface area contributed by atoms with E-state index in [-0.39, 0.29) is 16.9 Å². The Morgan fingerprint density at radius 2 is 2.05 bits per heavy atom. The molecule has 0 atom stereocenters. The van der Waals surface area contributed by atoms with Gasteiger partial charge >= 0.3 is 0 Å². The fraction of sp³-hybridized carbons (Fsp3) is 0. The minimum atomic E-state index is -0.365. The lowest BCUT2D eigenvalue weighted by Gasteiger charge is -1.97. The molecule has 2 heterocycles. The van der Waals surface area contributed by atoms with Crippen LogP contribution in [0.3, 0.4) is 0 Å². The van der Waals surface area contributed by atoms with Crippen LogP contribution in [-0.2, 0) is 4.79 Å². The topological polar surface area (TPSA) is 66.1 Å². The van der Waals surface area contributed by atoms with E-state index in [2.05, 4.69) is 5.32 Å². The second-order valence-electron chi connectivity index (χ2n) is 4.08. The van der Waals surface area contributed by atoms with Gasteiger partial charge in [-0.05, 0) is 36.0 Å². The highest BCUT2D eigenvalue weighted by Crippen LogP contribution is 2.29. The van der Waals surface area contributed by atoms with Crippen molar-refractivity contribution in [2.24, 2.45) is 0 Å². The van der Waals surface area contributed by atoms with Crippen LogP contribution >= 0.6 is 11.8 Å². The SMILES string of the molecule is N=C1NC(=O)/C(=C\c2ccc(-c3ccccc3F)o2)S1. The van der Waals surface area contributed by atoms with E-state index in [9.17, 15) is 9.18 Å². The van der Waals surface area contributed by atoms with Crippen LogP contribution in [0, 0.1) is 11.2 Å². The molecule has 2 N–H and O–H groups in total. The smallest absolute Gasteiger partial charge is 0.264 e. The first kappa shape index (κ1) is 12.7. The molecule has 20 heavy (non-hydrogen) atoms. The molecule has 0 aliphatic carbocycles. The third kappa shape index (κ3) is 2.37. The number of hydrogen-bond acceptors (Lipinski definition) is 4. The van der Waals surface area contributed by atoms with Crippen molar-refractivity contribution in [3.05, 3.63) is 52.9 Å². The van der Waals surface area contributed by atoms with E-state index in [1.807, 2.05) is 0 Å². The highest BCUT2D eigenvalue weighted by Gasteiger charge is 2.22. The number of rotatable bonds is 2. The molecule has 0 unspecified atom stereocenters. The monoisotopic (exact) mass is 288 g/mol. The van der Waals surface area contributed by atoms with Crippen LogP contribution in [0.25, 0.3) is 17.4 Å². The van der Waals surface area contributed by atoms with Gasteiger partial charge in [-0.2, -0.15) is 0 Å². The maximum atomic E-state index is 13.6. The summed E-state index contributed by atoms with van der Waals surface area (Å²) >= 11 is 1.03. The molecule has 0 radical (unpaired) electrons. The Bertz CT molecular complexity index is 736. The quantitative estimate of drug-likeness (QED) is 0.834. The van der Waals surface area contributed by atoms with Gasteiger partial charge in [0, 0.05) is 6.08 Å². The van der Waals surface area contributed by atoms with Crippen molar-refractivity contribution in [1.82, 2.24) is 5.32 Å². The van der Waals surface area contributed by atoms with Crippen molar-refractivity contribution in [2.45, 2.75) is 0 Å². The molecule has 1 aromatic carbocycles. The van der Waals surface area contributed by atoms with Gasteiger partial charge in [0.1, 0.15) is 17.3 Å². The number of amides is 1. The Labute approximate surface area is 118 Å². The summed E-state index contributed by atoms with van der Waals surface area (Å²) in [6, 6.07) is 9.62. The summed E-state index contributed by atoms with van der Waals surface area (Å²) < 4.78 is 19.1. The molecule has 1 aromatic heterocycles. The van der Waals surface area contributed by atoms with E-state index >= 15 is 0 Å². The van der Waals surface area contributed by atoms with Gasteiger partial charge in [-0.25, -0.2) is 4.39 Å². The summed E-state index contributed by atoms with van der Waals surface area (Å²) in [4.78, 5) is 11.9. The van der Waals surface area contributed by atoms with Crippen LogP contribution in [0.15, 0.2) is 45.7 Å². The van der Waals surface area contributed by atoms with E-state index in [0.717, 1.165) is 11.8 Å². The molecule has 100 valence electrons. The number of halogens is 1. The van der Waals surface area contributed by atoms with Crippen molar-refractivity contribution >= 4 is 28.9 Å². The average molecular weight is 288 g/mol. The molecule has 1 fully saturated rings. The van der Waals surface area contributed by atoms with Gasteiger partial charge < -0.3 is 9.73 Å². The number of carbonyl (C=O) groups is 1. The molecule has 1 saturated heterocycles. The summed E-state index contributed by atoms with van der Waals surface area (Å²) in [5.41, 5.74) is 0.369. The van der Waals surface area contributed by atoms with Crippen LogP contribution in [0.2, 0.25) is 0 Å². The van der Waals surface area contributed by atoms with Gasteiger partial charge in [0.2, 0.25) is 0 Å². The zero-order valence-corrected chi connectivity index (χ0v) is 11.0. The fourth-order valence-electron chi connectivity index (χ4n) is 1.81. The Balaban J connectivity index is 1.92. The lowest BCUT2D eigenvalue weighted by atomic mass is 10.1. The standard InChI is InChI=1S/C14H9FN2O2S/c15-10-4-2-1-3-9(10)11-6-5-8(19-11)7-12-13(18)17-14(16)20-12/h1-7H,(H2,16,17,18)/b12-7+. The molecule has 1 aliphatic rings. The minimum absolute atomic E-state index is 0.0853. The molecule has 0 spiro atoms. The lowest BCUT2D eigenvalue weighted by molar-refractivity contribution is -0.115. The molecule has 1 amide bonds. The van der Waals surface area contributed by atoms with E-state index in [0.29, 0.717) is 22.0 Å². The van der Waals surface area contributed by atoms with Crippen LogP contribution in [-0.4, -0.2) is 11.1 Å². The molecular formula is C14H9FN2O2S. The summed E-state index contributed by atoms with van der Waals surface area (Å²) in [6.45, 7) is 0. The second kappa shape index (κ2) is 4.97. The van der Waals surface area contributed by atoms with Crippen LogP contribution in [0.1, 0.15) is 5.76 Å². The number of carbonyl (C=O) groups excluding carboxylic acids is 1. The number of amidine groups is 1. The predicted octanol–water partition coefficient (Wildman–Crippen LogP) is 3.22. The molecule has 4 nitrogen and oxygen atoms in total. The number of hydrogen-bond donors (Lipinski definition) is 2. The van der Waals surface area contributed by atoms with Crippen molar-refractivity contribution < 1.29 is 13.6 Å².